The Hall–Kier alpha value is -3.09. The maximum Gasteiger partial charge on any atom is 0.413 e. The van der Waals surface area contributed by atoms with Crippen molar-refractivity contribution in [2.24, 2.45) is 0 Å². The molecule has 10 heteroatoms. The summed E-state index contributed by atoms with van der Waals surface area (Å²) >= 11 is 0. The number of carbonyl (C=O) groups is 1. The number of aromatic nitrogens is 1. The van der Waals surface area contributed by atoms with Crippen LogP contribution >= 0.6 is 0 Å². The van der Waals surface area contributed by atoms with Crippen LogP contribution in [0.1, 0.15) is 5.56 Å². The summed E-state index contributed by atoms with van der Waals surface area (Å²) in [5.74, 6) is -1.27. The van der Waals surface area contributed by atoms with Gasteiger partial charge in [-0.25, -0.2) is 9.18 Å². The minimum absolute atomic E-state index is 0.0249. The van der Waals surface area contributed by atoms with Gasteiger partial charge in [-0.15, -0.1) is 0 Å². The maximum absolute atomic E-state index is 13.8. The quantitative estimate of drug-likeness (QED) is 0.867. The number of nitriles is 1. The lowest BCUT2D eigenvalue weighted by molar-refractivity contribution is -0.123. The molecule has 2 rings (SSSR count). The third-order valence-electron chi connectivity index (χ3n) is 2.85. The van der Waals surface area contributed by atoms with Crippen LogP contribution in [0.15, 0.2) is 18.3 Å². The number of nitrogens with zero attached hydrogens (tertiary/aromatic N) is 2. The molecule has 0 aliphatic carbocycles. The Morgan fingerprint density at radius 1 is 1.38 bits per heavy atom. The lowest BCUT2D eigenvalue weighted by atomic mass is 10.1. The molecule has 1 aromatic carbocycles. The smallest absolute Gasteiger partial charge is 0.413 e. The van der Waals surface area contributed by atoms with Crippen LogP contribution in [-0.2, 0) is 0 Å². The molecule has 1 N–H and O–H groups in total. The van der Waals surface area contributed by atoms with Crippen molar-refractivity contribution < 1.29 is 31.8 Å². The van der Waals surface area contributed by atoms with Crippen molar-refractivity contribution in [2.45, 2.75) is 6.18 Å². The highest BCUT2D eigenvalue weighted by Gasteiger charge is 2.28. The Morgan fingerprint density at radius 3 is 2.67 bits per heavy atom. The van der Waals surface area contributed by atoms with Gasteiger partial charge in [0.1, 0.15) is 18.2 Å². The molecule has 0 saturated heterocycles. The van der Waals surface area contributed by atoms with Crippen molar-refractivity contribution in [1.82, 2.24) is 10.3 Å². The number of alkyl halides is 3. The SMILES string of the molecule is COc1cc2ncc(OC(=O)NCC(F)(F)F)c(C#N)c2cc1F. The molecule has 1 amide bonds. The molecular formula is C14H9F4N3O3. The predicted octanol–water partition coefficient (Wildman–Crippen LogP) is 2.90. The van der Waals surface area contributed by atoms with Gasteiger partial charge in [0.15, 0.2) is 17.3 Å². The summed E-state index contributed by atoms with van der Waals surface area (Å²) in [5.41, 5.74) is -0.0587. The summed E-state index contributed by atoms with van der Waals surface area (Å²) in [5, 5.41) is 10.7. The van der Waals surface area contributed by atoms with E-state index in [0.29, 0.717) is 0 Å². The minimum Gasteiger partial charge on any atom is -0.494 e. The summed E-state index contributed by atoms with van der Waals surface area (Å²) in [4.78, 5) is 15.2. The van der Waals surface area contributed by atoms with E-state index in [1.165, 1.54) is 18.5 Å². The first-order valence-corrected chi connectivity index (χ1v) is 6.34. The van der Waals surface area contributed by atoms with Crippen LogP contribution in [0, 0.1) is 17.1 Å². The van der Waals surface area contributed by atoms with E-state index < -0.39 is 30.4 Å². The van der Waals surface area contributed by atoms with E-state index in [-0.39, 0.29) is 22.2 Å². The minimum atomic E-state index is -4.61. The molecule has 0 unspecified atom stereocenters. The molecule has 0 radical (unpaired) electrons. The summed E-state index contributed by atoms with van der Waals surface area (Å²) in [6, 6.07) is 3.90. The Morgan fingerprint density at radius 2 is 2.08 bits per heavy atom. The van der Waals surface area contributed by atoms with Crippen molar-refractivity contribution >= 4 is 17.0 Å². The molecule has 0 spiro atoms. The van der Waals surface area contributed by atoms with Crippen molar-refractivity contribution in [3.63, 3.8) is 0 Å². The van der Waals surface area contributed by atoms with Crippen LogP contribution in [-0.4, -0.2) is 30.9 Å². The number of hydrogen-bond donors (Lipinski definition) is 1. The summed E-state index contributed by atoms with van der Waals surface area (Å²) in [6.45, 7) is -1.60. The van der Waals surface area contributed by atoms with Gasteiger partial charge < -0.3 is 14.8 Å². The topological polar surface area (TPSA) is 84.2 Å². The highest BCUT2D eigenvalue weighted by molar-refractivity contribution is 5.88. The number of rotatable bonds is 3. The van der Waals surface area contributed by atoms with Crippen molar-refractivity contribution in [2.75, 3.05) is 13.7 Å². The second kappa shape index (κ2) is 6.57. The van der Waals surface area contributed by atoms with Crippen LogP contribution in [0.2, 0.25) is 0 Å². The zero-order valence-electron chi connectivity index (χ0n) is 12.1. The van der Waals surface area contributed by atoms with Gasteiger partial charge in [-0.05, 0) is 6.07 Å². The van der Waals surface area contributed by atoms with Gasteiger partial charge in [0, 0.05) is 11.5 Å². The number of fused-ring (bicyclic) bond motifs is 1. The number of ether oxygens (including phenoxy) is 2. The van der Waals surface area contributed by atoms with Gasteiger partial charge in [0.05, 0.1) is 18.8 Å². The molecule has 0 aliphatic heterocycles. The molecule has 126 valence electrons. The Labute approximate surface area is 132 Å². The first kappa shape index (κ1) is 17.3. The normalized spacial score (nSPS) is 11.0. The molecule has 0 aliphatic rings. The number of nitrogens with one attached hydrogen (secondary N) is 1. The van der Waals surface area contributed by atoms with E-state index >= 15 is 0 Å². The number of carbonyl (C=O) groups excluding carboxylic acids is 1. The summed E-state index contributed by atoms with van der Waals surface area (Å²) in [6.07, 6.45) is -5.05. The van der Waals surface area contributed by atoms with E-state index in [2.05, 4.69) is 9.72 Å². The van der Waals surface area contributed by atoms with Crippen molar-refractivity contribution in [1.29, 1.82) is 5.26 Å². The summed E-state index contributed by atoms with van der Waals surface area (Å²) < 4.78 is 59.3. The van der Waals surface area contributed by atoms with E-state index in [9.17, 15) is 27.6 Å². The highest BCUT2D eigenvalue weighted by Crippen LogP contribution is 2.30. The Kier molecular flexibility index (Phi) is 4.73. The standard InChI is InChI=1S/C14H9F4N3O3/c1-23-11-3-10-7(2-9(11)15)8(4-19)12(5-20-10)24-13(22)21-6-14(16,17)18/h2-3,5H,6H2,1H3,(H,21,22). The number of halogens is 4. The fraction of sp³-hybridized carbons (Fsp3) is 0.214. The van der Waals surface area contributed by atoms with Crippen molar-refractivity contribution in [3.05, 3.63) is 29.7 Å². The summed E-state index contributed by atoms with van der Waals surface area (Å²) in [7, 11) is 1.25. The fourth-order valence-electron chi connectivity index (χ4n) is 1.83. The lowest BCUT2D eigenvalue weighted by Crippen LogP contribution is -2.35. The molecule has 2 aromatic rings. The zero-order valence-corrected chi connectivity index (χ0v) is 12.1. The first-order chi connectivity index (χ1) is 11.2. The van der Waals surface area contributed by atoms with E-state index in [1.54, 1.807) is 6.07 Å². The van der Waals surface area contributed by atoms with Crippen LogP contribution in [0.5, 0.6) is 11.5 Å². The molecule has 6 nitrogen and oxygen atoms in total. The lowest BCUT2D eigenvalue weighted by Gasteiger charge is -2.11. The van der Waals surface area contributed by atoms with Crippen LogP contribution in [0.25, 0.3) is 10.9 Å². The molecule has 0 fully saturated rings. The number of amides is 1. The molecule has 24 heavy (non-hydrogen) atoms. The third-order valence-corrected chi connectivity index (χ3v) is 2.85. The van der Waals surface area contributed by atoms with Gasteiger partial charge in [-0.2, -0.15) is 18.4 Å². The van der Waals surface area contributed by atoms with E-state index in [1.807, 2.05) is 0 Å². The molecule has 1 heterocycles. The van der Waals surface area contributed by atoms with Crippen LogP contribution in [0.4, 0.5) is 22.4 Å². The number of hydrogen-bond acceptors (Lipinski definition) is 5. The van der Waals surface area contributed by atoms with Crippen LogP contribution in [0.3, 0.4) is 0 Å². The molecular weight excluding hydrogens is 334 g/mol. The second-order valence-electron chi connectivity index (χ2n) is 4.47. The number of pyridine rings is 1. The Balaban J connectivity index is 2.35. The van der Waals surface area contributed by atoms with Gasteiger partial charge in [-0.1, -0.05) is 0 Å². The van der Waals surface area contributed by atoms with Gasteiger partial charge in [-0.3, -0.25) is 4.98 Å². The third kappa shape index (κ3) is 3.81. The largest absolute Gasteiger partial charge is 0.494 e. The molecule has 0 bridgehead atoms. The molecule has 0 atom stereocenters. The van der Waals surface area contributed by atoms with Gasteiger partial charge in [0.2, 0.25) is 0 Å². The first-order valence-electron chi connectivity index (χ1n) is 6.34. The van der Waals surface area contributed by atoms with E-state index in [4.69, 9.17) is 4.74 Å². The highest BCUT2D eigenvalue weighted by atomic mass is 19.4. The average molecular weight is 343 g/mol. The second-order valence-corrected chi connectivity index (χ2v) is 4.47. The predicted molar refractivity (Wildman–Crippen MR) is 73.0 cm³/mol. The van der Waals surface area contributed by atoms with E-state index in [0.717, 1.165) is 12.3 Å². The van der Waals surface area contributed by atoms with Gasteiger partial charge in [0.25, 0.3) is 0 Å². The van der Waals surface area contributed by atoms with Crippen LogP contribution < -0.4 is 14.8 Å². The number of methoxy groups -OCH3 is 1. The van der Waals surface area contributed by atoms with Crippen molar-refractivity contribution in [3.8, 4) is 17.6 Å². The monoisotopic (exact) mass is 343 g/mol. The molecule has 1 aromatic heterocycles. The Bertz CT molecular complexity index is 831. The zero-order chi connectivity index (χ0) is 17.9. The average Bonchev–Trinajstić information content (AvgIpc) is 2.51. The maximum atomic E-state index is 13.8. The molecule has 0 saturated carbocycles. The number of benzene rings is 1. The fourth-order valence-corrected chi connectivity index (χ4v) is 1.83. The van der Waals surface area contributed by atoms with Gasteiger partial charge >= 0.3 is 12.3 Å².